The molecule has 76 valence electrons. The number of amides is 1. The van der Waals surface area contributed by atoms with Crippen LogP contribution in [0.2, 0.25) is 0 Å². The molecule has 2 aliphatic rings. The predicted octanol–water partition coefficient (Wildman–Crippen LogP) is 1.70. The van der Waals surface area contributed by atoms with Crippen molar-refractivity contribution in [2.45, 2.75) is 25.7 Å². The van der Waals surface area contributed by atoms with E-state index in [9.17, 15) is 9.59 Å². The van der Waals surface area contributed by atoms with Crippen molar-refractivity contribution in [1.29, 1.82) is 0 Å². The second-order valence-corrected chi connectivity index (χ2v) is 4.12. The van der Waals surface area contributed by atoms with Crippen LogP contribution in [0.25, 0.3) is 0 Å². The number of anilines is 1. The lowest BCUT2D eigenvalue weighted by molar-refractivity contribution is -0.112. The Balaban J connectivity index is 2.21. The summed E-state index contributed by atoms with van der Waals surface area (Å²) < 4.78 is 0. The van der Waals surface area contributed by atoms with Crippen LogP contribution < -0.4 is 5.32 Å². The van der Waals surface area contributed by atoms with Crippen molar-refractivity contribution in [3.8, 4) is 0 Å². The number of aryl methyl sites for hydroxylation is 1. The molecule has 1 aliphatic carbocycles. The van der Waals surface area contributed by atoms with Gasteiger partial charge < -0.3 is 5.32 Å². The average Bonchev–Trinajstić information content (AvgIpc) is 2.56. The van der Waals surface area contributed by atoms with Crippen LogP contribution in [-0.2, 0) is 17.6 Å². The monoisotopic (exact) mass is 201 g/mol. The molecule has 1 N–H and O–H groups in total. The number of carbonyl (C=O) groups is 2. The number of fused-ring (bicyclic) bond motifs is 3. The molecule has 0 aromatic heterocycles. The van der Waals surface area contributed by atoms with E-state index in [4.69, 9.17) is 0 Å². The first-order chi connectivity index (χ1) is 7.27. The zero-order chi connectivity index (χ0) is 10.4. The van der Waals surface area contributed by atoms with Crippen LogP contribution >= 0.6 is 0 Å². The van der Waals surface area contributed by atoms with E-state index in [1.165, 1.54) is 17.5 Å². The van der Waals surface area contributed by atoms with Crippen molar-refractivity contribution >= 4 is 17.4 Å². The van der Waals surface area contributed by atoms with Crippen LogP contribution in [0.4, 0.5) is 5.69 Å². The Morgan fingerprint density at radius 3 is 2.73 bits per heavy atom. The molecule has 1 amide bonds. The Hall–Kier alpha value is -1.64. The molecule has 1 heterocycles. The summed E-state index contributed by atoms with van der Waals surface area (Å²) in [6, 6.07) is 3.77. The van der Waals surface area contributed by atoms with Crippen LogP contribution in [-0.4, -0.2) is 11.7 Å². The molecule has 0 fully saturated rings. The number of Topliss-reactive ketones (excluding diaryl/α,β-unsaturated/α-hetero) is 1. The molecule has 0 saturated carbocycles. The summed E-state index contributed by atoms with van der Waals surface area (Å²) in [6.45, 7) is 0. The SMILES string of the molecule is O=C1Nc2c(ccc3c2CCCC3)C1=O. The first kappa shape index (κ1) is 8.65. The molecule has 1 aromatic rings. The van der Waals surface area contributed by atoms with Gasteiger partial charge in [0.2, 0.25) is 0 Å². The molecule has 0 unspecified atom stereocenters. The first-order valence-corrected chi connectivity index (χ1v) is 5.28. The second kappa shape index (κ2) is 2.92. The third kappa shape index (κ3) is 1.12. The molecule has 1 aliphatic heterocycles. The van der Waals surface area contributed by atoms with E-state index in [0.717, 1.165) is 24.9 Å². The highest BCUT2D eigenvalue weighted by molar-refractivity contribution is 6.51. The van der Waals surface area contributed by atoms with E-state index in [1.54, 1.807) is 6.07 Å². The van der Waals surface area contributed by atoms with Crippen LogP contribution in [0.5, 0.6) is 0 Å². The zero-order valence-corrected chi connectivity index (χ0v) is 8.30. The van der Waals surface area contributed by atoms with E-state index in [0.29, 0.717) is 5.56 Å². The second-order valence-electron chi connectivity index (χ2n) is 4.12. The molecule has 3 rings (SSSR count). The van der Waals surface area contributed by atoms with Crippen LogP contribution in [0.3, 0.4) is 0 Å². The molecule has 3 nitrogen and oxygen atoms in total. The molecule has 0 radical (unpaired) electrons. The topological polar surface area (TPSA) is 46.2 Å². The van der Waals surface area contributed by atoms with Crippen molar-refractivity contribution in [2.24, 2.45) is 0 Å². The minimum atomic E-state index is -0.482. The van der Waals surface area contributed by atoms with Crippen molar-refractivity contribution in [3.63, 3.8) is 0 Å². The van der Waals surface area contributed by atoms with Crippen LogP contribution in [0.15, 0.2) is 12.1 Å². The van der Waals surface area contributed by atoms with E-state index >= 15 is 0 Å². The highest BCUT2D eigenvalue weighted by atomic mass is 16.2. The summed E-state index contributed by atoms with van der Waals surface area (Å²) in [4.78, 5) is 22.7. The van der Waals surface area contributed by atoms with E-state index in [1.807, 2.05) is 6.07 Å². The predicted molar refractivity (Wildman–Crippen MR) is 56.0 cm³/mol. The van der Waals surface area contributed by atoms with Gasteiger partial charge in [-0.3, -0.25) is 9.59 Å². The van der Waals surface area contributed by atoms with Crippen molar-refractivity contribution in [2.75, 3.05) is 5.32 Å². The number of benzene rings is 1. The van der Waals surface area contributed by atoms with Gasteiger partial charge in [0.15, 0.2) is 0 Å². The Kier molecular flexibility index (Phi) is 1.69. The van der Waals surface area contributed by atoms with Gasteiger partial charge >= 0.3 is 0 Å². The Morgan fingerprint density at radius 1 is 1.07 bits per heavy atom. The molecule has 1 aromatic carbocycles. The van der Waals surface area contributed by atoms with Gasteiger partial charge in [0.1, 0.15) is 0 Å². The zero-order valence-electron chi connectivity index (χ0n) is 8.30. The van der Waals surface area contributed by atoms with Crippen molar-refractivity contribution in [3.05, 3.63) is 28.8 Å². The normalized spacial score (nSPS) is 18.4. The Labute approximate surface area is 87.5 Å². The van der Waals surface area contributed by atoms with Crippen LogP contribution in [0.1, 0.15) is 34.3 Å². The van der Waals surface area contributed by atoms with E-state index < -0.39 is 11.7 Å². The summed E-state index contributed by atoms with van der Waals surface area (Å²) >= 11 is 0. The van der Waals surface area contributed by atoms with Gasteiger partial charge in [0.25, 0.3) is 11.7 Å². The van der Waals surface area contributed by atoms with Gasteiger partial charge in [0.05, 0.1) is 11.3 Å². The maximum Gasteiger partial charge on any atom is 0.296 e. The summed E-state index contributed by atoms with van der Waals surface area (Å²) in [5, 5.41) is 2.69. The molecule has 0 bridgehead atoms. The fourth-order valence-electron chi connectivity index (χ4n) is 2.45. The van der Waals surface area contributed by atoms with E-state index in [-0.39, 0.29) is 0 Å². The minimum absolute atomic E-state index is 0.390. The summed E-state index contributed by atoms with van der Waals surface area (Å²) in [5.41, 5.74) is 3.80. The lowest BCUT2D eigenvalue weighted by Crippen LogP contribution is -2.12. The Morgan fingerprint density at radius 2 is 1.87 bits per heavy atom. The van der Waals surface area contributed by atoms with Crippen molar-refractivity contribution < 1.29 is 9.59 Å². The number of nitrogens with one attached hydrogen (secondary N) is 1. The van der Waals surface area contributed by atoms with Gasteiger partial charge in [-0.05, 0) is 42.9 Å². The van der Waals surface area contributed by atoms with Crippen LogP contribution in [0, 0.1) is 0 Å². The molecule has 0 saturated heterocycles. The third-order valence-electron chi connectivity index (χ3n) is 3.22. The smallest absolute Gasteiger partial charge is 0.296 e. The molecule has 15 heavy (non-hydrogen) atoms. The third-order valence-corrected chi connectivity index (χ3v) is 3.22. The van der Waals surface area contributed by atoms with Gasteiger partial charge in [0, 0.05) is 0 Å². The quantitative estimate of drug-likeness (QED) is 0.649. The highest BCUT2D eigenvalue weighted by Gasteiger charge is 2.31. The molecule has 3 heteroatoms. The number of ketones is 1. The summed E-state index contributed by atoms with van der Waals surface area (Å²) in [6.07, 6.45) is 4.39. The molecular weight excluding hydrogens is 190 g/mol. The highest BCUT2D eigenvalue weighted by Crippen LogP contribution is 2.34. The van der Waals surface area contributed by atoms with Gasteiger partial charge in [-0.1, -0.05) is 6.07 Å². The molecular formula is C12H11NO2. The number of carbonyl (C=O) groups excluding carboxylic acids is 2. The maximum atomic E-state index is 11.5. The van der Waals surface area contributed by atoms with Gasteiger partial charge in [-0.2, -0.15) is 0 Å². The first-order valence-electron chi connectivity index (χ1n) is 5.28. The lowest BCUT2D eigenvalue weighted by atomic mass is 9.89. The van der Waals surface area contributed by atoms with E-state index in [2.05, 4.69) is 5.32 Å². The maximum absolute atomic E-state index is 11.5. The minimum Gasteiger partial charge on any atom is -0.318 e. The number of rotatable bonds is 0. The van der Waals surface area contributed by atoms with Gasteiger partial charge in [-0.15, -0.1) is 0 Å². The molecule has 0 spiro atoms. The fraction of sp³-hybridized carbons (Fsp3) is 0.333. The number of hydrogen-bond donors (Lipinski definition) is 1. The Bertz CT molecular complexity index is 477. The standard InChI is InChI=1S/C12H11NO2/c14-11-9-6-5-7-3-1-2-4-8(7)10(9)13-12(11)15/h5-6H,1-4H2,(H,13,14,15). The summed E-state index contributed by atoms with van der Waals surface area (Å²) in [5.74, 6) is -0.873. The van der Waals surface area contributed by atoms with Gasteiger partial charge in [-0.25, -0.2) is 0 Å². The van der Waals surface area contributed by atoms with Crippen molar-refractivity contribution in [1.82, 2.24) is 0 Å². The summed E-state index contributed by atoms with van der Waals surface area (Å²) in [7, 11) is 0. The average molecular weight is 201 g/mol. The largest absolute Gasteiger partial charge is 0.318 e. The fourth-order valence-corrected chi connectivity index (χ4v) is 2.45. The number of hydrogen-bond acceptors (Lipinski definition) is 2. The molecule has 0 atom stereocenters. The lowest BCUT2D eigenvalue weighted by Gasteiger charge is -2.18.